The van der Waals surface area contributed by atoms with Gasteiger partial charge in [0, 0.05) is 36.7 Å². The molecule has 0 bridgehead atoms. The first-order chi connectivity index (χ1) is 16.7. The van der Waals surface area contributed by atoms with Crippen LogP contribution in [0.3, 0.4) is 0 Å². The van der Waals surface area contributed by atoms with Gasteiger partial charge in [0.2, 0.25) is 11.8 Å². The summed E-state index contributed by atoms with van der Waals surface area (Å²) in [5, 5.41) is 11.8. The molecule has 3 rings (SSSR count). The zero-order valence-corrected chi connectivity index (χ0v) is 21.7. The SMILES string of the molecule is CC(C)(C)C(C=O)NC(=O)CCCNC(=O)C1(Cc2cccc(Nc3nccs3)n2)CCCCC1. The average molecular weight is 500 g/mol. The Morgan fingerprint density at radius 1 is 1.20 bits per heavy atom. The molecule has 1 saturated carbocycles. The van der Waals surface area contributed by atoms with E-state index in [1.807, 2.05) is 44.4 Å². The maximum atomic E-state index is 13.4. The van der Waals surface area contributed by atoms with Crippen molar-refractivity contribution in [2.75, 3.05) is 11.9 Å². The van der Waals surface area contributed by atoms with Crippen LogP contribution in [0.4, 0.5) is 10.9 Å². The molecule has 0 radical (unpaired) electrons. The van der Waals surface area contributed by atoms with Crippen LogP contribution in [0.5, 0.6) is 0 Å². The van der Waals surface area contributed by atoms with Crippen molar-refractivity contribution in [3.8, 4) is 0 Å². The van der Waals surface area contributed by atoms with Crippen molar-refractivity contribution in [1.29, 1.82) is 0 Å². The molecule has 0 saturated heterocycles. The summed E-state index contributed by atoms with van der Waals surface area (Å²) >= 11 is 1.51. The van der Waals surface area contributed by atoms with Gasteiger partial charge in [-0.3, -0.25) is 9.59 Å². The molecule has 2 aromatic rings. The van der Waals surface area contributed by atoms with Gasteiger partial charge in [0.25, 0.3) is 0 Å². The van der Waals surface area contributed by atoms with Gasteiger partial charge in [-0.05, 0) is 36.8 Å². The number of aromatic nitrogens is 2. The summed E-state index contributed by atoms with van der Waals surface area (Å²) in [5.74, 6) is 0.587. The molecular weight excluding hydrogens is 462 g/mol. The zero-order valence-electron chi connectivity index (χ0n) is 20.9. The highest BCUT2D eigenvalue weighted by Crippen LogP contribution is 2.39. The molecule has 35 heavy (non-hydrogen) atoms. The van der Waals surface area contributed by atoms with Crippen molar-refractivity contribution in [3.05, 3.63) is 35.5 Å². The van der Waals surface area contributed by atoms with E-state index in [9.17, 15) is 14.4 Å². The minimum absolute atomic E-state index is 0.0400. The number of hydrogen-bond acceptors (Lipinski definition) is 7. The Hall–Kier alpha value is -2.81. The molecule has 3 N–H and O–H groups in total. The highest BCUT2D eigenvalue weighted by atomic mass is 32.1. The lowest BCUT2D eigenvalue weighted by Crippen LogP contribution is -2.45. The van der Waals surface area contributed by atoms with E-state index in [1.54, 1.807) is 6.20 Å². The van der Waals surface area contributed by atoms with E-state index < -0.39 is 11.5 Å². The number of anilines is 2. The Balaban J connectivity index is 1.55. The Kier molecular flexibility index (Phi) is 9.37. The predicted octanol–water partition coefficient (Wildman–Crippen LogP) is 4.40. The number of carbonyl (C=O) groups excluding carboxylic acids is 3. The summed E-state index contributed by atoms with van der Waals surface area (Å²) in [6.07, 6.45) is 8.73. The Bertz CT molecular complexity index is 981. The summed E-state index contributed by atoms with van der Waals surface area (Å²) in [4.78, 5) is 45.9. The number of thiazole rings is 1. The van der Waals surface area contributed by atoms with Crippen LogP contribution in [-0.2, 0) is 20.8 Å². The van der Waals surface area contributed by atoms with E-state index >= 15 is 0 Å². The molecule has 2 aromatic heterocycles. The molecule has 1 aliphatic carbocycles. The van der Waals surface area contributed by atoms with Gasteiger partial charge in [0.15, 0.2) is 5.13 Å². The van der Waals surface area contributed by atoms with Gasteiger partial charge in [-0.15, -0.1) is 11.3 Å². The first-order valence-electron chi connectivity index (χ1n) is 12.4. The third kappa shape index (κ3) is 7.85. The van der Waals surface area contributed by atoms with E-state index in [0.29, 0.717) is 19.4 Å². The maximum absolute atomic E-state index is 13.4. The van der Waals surface area contributed by atoms with Gasteiger partial charge in [0.05, 0.1) is 11.5 Å². The lowest BCUT2D eigenvalue weighted by Gasteiger charge is -2.35. The second kappa shape index (κ2) is 12.2. The van der Waals surface area contributed by atoms with E-state index in [4.69, 9.17) is 4.98 Å². The van der Waals surface area contributed by atoms with Gasteiger partial charge in [0.1, 0.15) is 12.1 Å². The van der Waals surface area contributed by atoms with Gasteiger partial charge in [-0.1, -0.05) is 46.1 Å². The normalized spacial score (nSPS) is 16.2. The van der Waals surface area contributed by atoms with Crippen molar-refractivity contribution in [3.63, 3.8) is 0 Å². The van der Waals surface area contributed by atoms with E-state index in [1.165, 1.54) is 11.3 Å². The number of nitrogens with zero attached hydrogens (tertiary/aromatic N) is 2. The molecule has 8 nitrogen and oxygen atoms in total. The van der Waals surface area contributed by atoms with Crippen LogP contribution in [0.25, 0.3) is 0 Å². The Morgan fingerprint density at radius 3 is 2.63 bits per heavy atom. The molecule has 190 valence electrons. The summed E-state index contributed by atoms with van der Waals surface area (Å²) < 4.78 is 0. The van der Waals surface area contributed by atoms with E-state index in [2.05, 4.69) is 20.9 Å². The summed E-state index contributed by atoms with van der Waals surface area (Å²) in [6, 6.07) is 5.30. The summed E-state index contributed by atoms with van der Waals surface area (Å²) in [5.41, 5.74) is 0.0625. The maximum Gasteiger partial charge on any atom is 0.226 e. The summed E-state index contributed by atoms with van der Waals surface area (Å²) in [7, 11) is 0. The molecule has 2 heterocycles. The molecule has 0 aliphatic heterocycles. The fourth-order valence-electron chi connectivity index (χ4n) is 4.44. The number of pyridine rings is 1. The highest BCUT2D eigenvalue weighted by Gasteiger charge is 2.39. The second-order valence-electron chi connectivity index (χ2n) is 10.4. The van der Waals surface area contributed by atoms with Crippen LogP contribution in [-0.4, -0.2) is 40.7 Å². The third-order valence-corrected chi connectivity index (χ3v) is 7.23. The Morgan fingerprint density at radius 2 is 1.97 bits per heavy atom. The van der Waals surface area contributed by atoms with Crippen LogP contribution >= 0.6 is 11.3 Å². The molecule has 2 amide bonds. The van der Waals surface area contributed by atoms with Crippen molar-refractivity contribution in [2.24, 2.45) is 10.8 Å². The monoisotopic (exact) mass is 499 g/mol. The number of rotatable bonds is 11. The fourth-order valence-corrected chi connectivity index (χ4v) is 4.98. The highest BCUT2D eigenvalue weighted by molar-refractivity contribution is 7.13. The largest absolute Gasteiger partial charge is 0.356 e. The molecule has 1 fully saturated rings. The van der Waals surface area contributed by atoms with Crippen LogP contribution in [0.15, 0.2) is 29.8 Å². The molecule has 1 atom stereocenters. The average Bonchev–Trinajstić information content (AvgIpc) is 3.33. The molecule has 1 aliphatic rings. The first-order valence-corrected chi connectivity index (χ1v) is 13.3. The van der Waals surface area contributed by atoms with Crippen molar-refractivity contribution >= 4 is 40.4 Å². The number of hydrogen-bond donors (Lipinski definition) is 3. The van der Waals surface area contributed by atoms with E-state index in [0.717, 1.165) is 55.0 Å². The predicted molar refractivity (Wildman–Crippen MR) is 139 cm³/mol. The van der Waals surface area contributed by atoms with Gasteiger partial charge < -0.3 is 20.7 Å². The molecule has 0 spiro atoms. The molecule has 0 aromatic carbocycles. The van der Waals surface area contributed by atoms with Crippen molar-refractivity contribution < 1.29 is 14.4 Å². The quantitative estimate of drug-likeness (QED) is 0.312. The fraction of sp³-hybridized carbons (Fsp3) is 0.577. The van der Waals surface area contributed by atoms with Crippen LogP contribution < -0.4 is 16.0 Å². The van der Waals surface area contributed by atoms with Gasteiger partial charge >= 0.3 is 0 Å². The third-order valence-electron chi connectivity index (χ3n) is 6.54. The minimum atomic E-state index is -0.525. The standard InChI is InChI=1S/C26H37N5O3S/c1-25(2,3)20(18-32)30-22(33)11-8-14-27-23(34)26(12-5-4-6-13-26)17-19-9-7-10-21(29-19)31-24-28-15-16-35-24/h7,9-10,15-16,18,20H,4-6,8,11-14,17H2,1-3H3,(H,27,34)(H,30,33)(H,28,29,31). The van der Waals surface area contributed by atoms with Gasteiger partial charge in [-0.25, -0.2) is 9.97 Å². The van der Waals surface area contributed by atoms with Gasteiger partial charge in [-0.2, -0.15) is 0 Å². The Labute approximate surface area is 211 Å². The number of carbonyl (C=O) groups is 3. The second-order valence-corrected chi connectivity index (χ2v) is 11.3. The van der Waals surface area contributed by atoms with Crippen LogP contribution in [0.1, 0.15) is 71.4 Å². The topological polar surface area (TPSA) is 113 Å². The number of amides is 2. The molecule has 9 heteroatoms. The lowest BCUT2D eigenvalue weighted by molar-refractivity contribution is -0.133. The lowest BCUT2D eigenvalue weighted by atomic mass is 9.70. The molecular formula is C26H37N5O3S. The van der Waals surface area contributed by atoms with Crippen molar-refractivity contribution in [1.82, 2.24) is 20.6 Å². The van der Waals surface area contributed by atoms with Crippen LogP contribution in [0, 0.1) is 10.8 Å². The van der Waals surface area contributed by atoms with E-state index in [-0.39, 0.29) is 23.7 Å². The van der Waals surface area contributed by atoms with Crippen molar-refractivity contribution in [2.45, 2.75) is 78.2 Å². The minimum Gasteiger partial charge on any atom is -0.356 e. The summed E-state index contributed by atoms with van der Waals surface area (Å²) in [6.45, 7) is 6.16. The smallest absolute Gasteiger partial charge is 0.226 e. The first kappa shape index (κ1) is 26.8. The number of aldehydes is 1. The number of nitrogens with one attached hydrogen (secondary N) is 3. The molecule has 1 unspecified atom stereocenters. The van der Waals surface area contributed by atoms with Crippen LogP contribution in [0.2, 0.25) is 0 Å². The zero-order chi connectivity index (χ0) is 25.3.